The van der Waals surface area contributed by atoms with Crippen molar-refractivity contribution in [2.75, 3.05) is 0 Å². The maximum absolute atomic E-state index is 13.6. The van der Waals surface area contributed by atoms with E-state index in [4.69, 9.17) is 11.6 Å². The summed E-state index contributed by atoms with van der Waals surface area (Å²) in [6, 6.07) is 19.7. The fraction of sp³-hybridized carbons (Fsp3) is 0.133. The normalized spacial score (nSPS) is 15.0. The maximum Gasteiger partial charge on any atom is 0.303 e. The zero-order valence-electron chi connectivity index (χ0n) is 21.0. The first-order valence-electron chi connectivity index (χ1n) is 12.6. The highest BCUT2D eigenvalue weighted by molar-refractivity contribution is 6.31. The first-order chi connectivity index (χ1) is 19.4. The molecular formula is C30H22ClN5O4. The molecule has 0 fully saturated rings. The lowest BCUT2D eigenvalue weighted by Crippen LogP contribution is -2.27. The van der Waals surface area contributed by atoms with E-state index in [1.807, 2.05) is 48.5 Å². The van der Waals surface area contributed by atoms with E-state index in [0.29, 0.717) is 38.4 Å². The van der Waals surface area contributed by atoms with Crippen LogP contribution < -0.4 is 5.56 Å². The van der Waals surface area contributed by atoms with Crippen LogP contribution in [0.25, 0.3) is 33.1 Å². The molecule has 40 heavy (non-hydrogen) atoms. The minimum Gasteiger partial charge on any atom is -0.481 e. The number of benzene rings is 3. The largest absolute Gasteiger partial charge is 0.481 e. The van der Waals surface area contributed by atoms with Crippen LogP contribution in [-0.2, 0) is 9.59 Å². The number of carboxylic acids is 1. The van der Waals surface area contributed by atoms with Gasteiger partial charge in [0.25, 0.3) is 5.56 Å². The van der Waals surface area contributed by atoms with Gasteiger partial charge in [0.15, 0.2) is 0 Å². The summed E-state index contributed by atoms with van der Waals surface area (Å²) in [7, 11) is 0. The maximum atomic E-state index is 13.6. The van der Waals surface area contributed by atoms with Gasteiger partial charge in [-0.25, -0.2) is 5.01 Å². The molecule has 0 bridgehead atoms. The van der Waals surface area contributed by atoms with Crippen molar-refractivity contribution in [1.29, 1.82) is 0 Å². The molecule has 0 radical (unpaired) electrons. The first-order valence-corrected chi connectivity index (χ1v) is 13.0. The summed E-state index contributed by atoms with van der Waals surface area (Å²) in [4.78, 5) is 49.8. The number of H-pyrrole nitrogens is 1. The SMILES string of the molecule is O=C(O)CCC(=O)N1N=C(c2c(-c3ccccc3)c3cc(Cl)ccc3[nH]c2=O)C[C@H]1c1ccc2nccnc2c1. The number of amides is 1. The molecule has 6 rings (SSSR count). The van der Waals surface area contributed by atoms with E-state index in [9.17, 15) is 19.5 Å². The van der Waals surface area contributed by atoms with Crippen molar-refractivity contribution in [3.63, 3.8) is 0 Å². The Hall–Kier alpha value is -4.89. The Bertz CT molecular complexity index is 1890. The third-order valence-electron chi connectivity index (χ3n) is 6.92. The van der Waals surface area contributed by atoms with E-state index in [0.717, 1.165) is 16.5 Å². The second-order valence-corrected chi connectivity index (χ2v) is 9.90. The predicted octanol–water partition coefficient (Wildman–Crippen LogP) is 5.33. The number of hydrogen-bond acceptors (Lipinski definition) is 6. The standard InChI is InChI=1S/C30H22ClN5O4/c31-19-7-9-21-20(15-19)28(17-4-2-1-3-5-17)29(30(40)34-21)24-16-25(36(35-24)26(37)10-11-27(38)39)18-6-8-22-23(14-18)33-13-12-32-22/h1-9,12-15,25H,10-11,16H2,(H,34,40)(H,38,39)/t25-/m0/s1. The first kappa shape index (κ1) is 25.4. The summed E-state index contributed by atoms with van der Waals surface area (Å²) in [5, 5.41) is 16.4. The summed E-state index contributed by atoms with van der Waals surface area (Å²) < 4.78 is 0. The molecule has 0 saturated heterocycles. The van der Waals surface area contributed by atoms with E-state index in [1.165, 1.54) is 5.01 Å². The second kappa shape index (κ2) is 10.3. The summed E-state index contributed by atoms with van der Waals surface area (Å²) in [5.74, 6) is -1.54. The van der Waals surface area contributed by atoms with Crippen molar-refractivity contribution >= 4 is 51.1 Å². The van der Waals surface area contributed by atoms with E-state index < -0.39 is 17.9 Å². The monoisotopic (exact) mass is 551 g/mol. The molecule has 1 atom stereocenters. The topological polar surface area (TPSA) is 129 Å². The number of aliphatic carboxylic acids is 1. The van der Waals surface area contributed by atoms with Gasteiger partial charge in [0.05, 0.1) is 34.8 Å². The van der Waals surface area contributed by atoms with Gasteiger partial charge < -0.3 is 10.1 Å². The van der Waals surface area contributed by atoms with Gasteiger partial charge in [-0.15, -0.1) is 0 Å². The number of aromatic amines is 1. The number of nitrogens with one attached hydrogen (secondary N) is 1. The van der Waals surface area contributed by atoms with Gasteiger partial charge in [0.1, 0.15) is 0 Å². The molecule has 0 aliphatic carbocycles. The Morgan fingerprint density at radius 2 is 1.73 bits per heavy atom. The molecule has 1 amide bonds. The molecule has 0 saturated carbocycles. The van der Waals surface area contributed by atoms with Crippen molar-refractivity contribution in [2.24, 2.45) is 5.10 Å². The number of hydrogen-bond donors (Lipinski definition) is 2. The molecule has 5 aromatic rings. The Morgan fingerprint density at radius 3 is 2.50 bits per heavy atom. The average Bonchev–Trinajstić information content (AvgIpc) is 3.41. The summed E-state index contributed by atoms with van der Waals surface area (Å²) in [5.41, 5.74) is 4.56. The van der Waals surface area contributed by atoms with Crippen LogP contribution in [0.5, 0.6) is 0 Å². The van der Waals surface area contributed by atoms with Gasteiger partial charge in [0.2, 0.25) is 5.91 Å². The van der Waals surface area contributed by atoms with Crippen molar-refractivity contribution in [1.82, 2.24) is 20.0 Å². The van der Waals surface area contributed by atoms with Crippen LogP contribution in [0, 0.1) is 0 Å². The van der Waals surface area contributed by atoms with E-state index in [-0.39, 0.29) is 24.8 Å². The third kappa shape index (κ3) is 4.71. The lowest BCUT2D eigenvalue weighted by molar-refractivity contribution is -0.141. The van der Waals surface area contributed by atoms with Gasteiger partial charge in [0, 0.05) is 46.7 Å². The van der Waals surface area contributed by atoms with Gasteiger partial charge in [-0.2, -0.15) is 5.10 Å². The predicted molar refractivity (Wildman–Crippen MR) is 152 cm³/mol. The number of carbonyl (C=O) groups excluding carboxylic acids is 1. The molecule has 3 aromatic carbocycles. The molecule has 10 heteroatoms. The zero-order chi connectivity index (χ0) is 27.8. The van der Waals surface area contributed by atoms with Crippen LogP contribution in [0.4, 0.5) is 0 Å². The number of hydrazone groups is 1. The highest BCUT2D eigenvalue weighted by Gasteiger charge is 2.35. The molecule has 198 valence electrons. The van der Waals surface area contributed by atoms with Crippen molar-refractivity contribution in [3.05, 3.63) is 106 Å². The molecule has 0 unspecified atom stereocenters. The van der Waals surface area contributed by atoms with Crippen LogP contribution in [0.2, 0.25) is 5.02 Å². The number of carboxylic acid groups (broad SMARTS) is 1. The highest BCUT2D eigenvalue weighted by atomic mass is 35.5. The Labute approximate surface area is 232 Å². The van der Waals surface area contributed by atoms with Gasteiger partial charge in [-0.1, -0.05) is 48.0 Å². The number of fused-ring (bicyclic) bond motifs is 2. The lowest BCUT2D eigenvalue weighted by atomic mass is 9.91. The van der Waals surface area contributed by atoms with Crippen LogP contribution in [0.15, 0.2) is 89.0 Å². The molecular weight excluding hydrogens is 530 g/mol. The Kier molecular flexibility index (Phi) is 6.57. The lowest BCUT2D eigenvalue weighted by Gasteiger charge is -2.22. The Balaban J connectivity index is 1.53. The number of rotatable bonds is 6. The zero-order valence-corrected chi connectivity index (χ0v) is 21.8. The van der Waals surface area contributed by atoms with Crippen molar-refractivity contribution < 1.29 is 14.7 Å². The van der Waals surface area contributed by atoms with Crippen LogP contribution in [-0.4, -0.2) is 42.7 Å². The van der Waals surface area contributed by atoms with Crippen LogP contribution in [0.3, 0.4) is 0 Å². The quantitative estimate of drug-likeness (QED) is 0.293. The van der Waals surface area contributed by atoms with Crippen molar-refractivity contribution in [2.45, 2.75) is 25.3 Å². The van der Waals surface area contributed by atoms with Gasteiger partial charge in [-0.3, -0.25) is 24.4 Å². The fourth-order valence-electron chi connectivity index (χ4n) is 5.11. The minimum atomic E-state index is -1.08. The molecule has 2 aromatic heterocycles. The number of aromatic nitrogens is 3. The molecule has 1 aliphatic heterocycles. The van der Waals surface area contributed by atoms with Gasteiger partial charge in [-0.05, 0) is 41.5 Å². The smallest absolute Gasteiger partial charge is 0.303 e. The van der Waals surface area contributed by atoms with Crippen LogP contribution in [0.1, 0.15) is 36.4 Å². The summed E-state index contributed by atoms with van der Waals surface area (Å²) in [6.45, 7) is 0. The molecule has 3 heterocycles. The number of carbonyl (C=O) groups is 2. The molecule has 0 spiro atoms. The summed E-state index contributed by atoms with van der Waals surface area (Å²) >= 11 is 6.37. The Morgan fingerprint density at radius 1 is 0.950 bits per heavy atom. The fourth-order valence-corrected chi connectivity index (χ4v) is 5.28. The van der Waals surface area contributed by atoms with E-state index >= 15 is 0 Å². The minimum absolute atomic E-state index is 0.231. The number of halogens is 1. The van der Waals surface area contributed by atoms with Crippen LogP contribution >= 0.6 is 11.6 Å². The number of nitrogens with zero attached hydrogens (tertiary/aromatic N) is 4. The molecule has 2 N–H and O–H groups in total. The van der Waals surface area contributed by atoms with E-state index in [2.05, 4.69) is 20.1 Å². The second-order valence-electron chi connectivity index (χ2n) is 9.46. The van der Waals surface area contributed by atoms with Gasteiger partial charge >= 0.3 is 5.97 Å². The highest BCUT2D eigenvalue weighted by Crippen LogP contribution is 2.38. The third-order valence-corrected chi connectivity index (χ3v) is 7.16. The van der Waals surface area contributed by atoms with Crippen molar-refractivity contribution in [3.8, 4) is 11.1 Å². The molecule has 1 aliphatic rings. The average molecular weight is 552 g/mol. The number of pyridine rings is 1. The van der Waals surface area contributed by atoms with E-state index in [1.54, 1.807) is 30.6 Å². The molecule has 9 nitrogen and oxygen atoms in total. The summed E-state index contributed by atoms with van der Waals surface area (Å²) in [6.07, 6.45) is 2.86.